The van der Waals surface area contributed by atoms with E-state index in [0.717, 1.165) is 5.56 Å². The topological polar surface area (TPSA) is 102 Å². The monoisotopic (exact) mass is 391 g/mol. The maximum Gasteiger partial charge on any atom is 0.328 e. The van der Waals surface area contributed by atoms with E-state index in [1.807, 2.05) is 51.1 Å². The number of aliphatic carboxylic acids is 1. The zero-order valence-electron chi connectivity index (χ0n) is 17.1. The number of hydrogen-bond acceptors (Lipinski definition) is 6. The van der Waals surface area contributed by atoms with E-state index in [0.29, 0.717) is 0 Å². The third kappa shape index (κ3) is 8.43. The zero-order chi connectivity index (χ0) is 21.3. The van der Waals surface area contributed by atoms with E-state index in [4.69, 9.17) is 9.47 Å². The van der Waals surface area contributed by atoms with Gasteiger partial charge in [-0.25, -0.2) is 0 Å². The van der Waals surface area contributed by atoms with Crippen LogP contribution in [0.15, 0.2) is 35.3 Å². The second kappa shape index (κ2) is 10.7. The molecular formula is C21H29NO6. The average Bonchev–Trinajstić information content (AvgIpc) is 2.60. The van der Waals surface area contributed by atoms with Gasteiger partial charge in [0.1, 0.15) is 18.9 Å². The number of benzene rings is 1. The van der Waals surface area contributed by atoms with Crippen LogP contribution in [0.4, 0.5) is 0 Å². The van der Waals surface area contributed by atoms with Gasteiger partial charge in [-0.2, -0.15) is 0 Å². The van der Waals surface area contributed by atoms with E-state index < -0.39 is 35.2 Å². The molecule has 7 heteroatoms. The van der Waals surface area contributed by atoms with Crippen LogP contribution >= 0.6 is 0 Å². The number of esters is 1. The Kier molecular flexibility index (Phi) is 8.99. The highest BCUT2D eigenvalue weighted by molar-refractivity contribution is 6.18. The van der Waals surface area contributed by atoms with Gasteiger partial charge in [0.25, 0.3) is 0 Å². The van der Waals surface area contributed by atoms with Gasteiger partial charge in [-0.05, 0) is 33.3 Å². The molecular weight excluding hydrogens is 362 g/mol. The first-order valence-corrected chi connectivity index (χ1v) is 9.12. The average molecular weight is 391 g/mol. The molecule has 0 saturated heterocycles. The molecule has 1 rings (SSSR count). The summed E-state index contributed by atoms with van der Waals surface area (Å²) < 4.78 is 10.9. The number of aliphatic imine (C=N–C) groups is 1. The number of ether oxygens (including phenoxy) is 2. The summed E-state index contributed by atoms with van der Waals surface area (Å²) in [6.07, 6.45) is 0. The summed E-state index contributed by atoms with van der Waals surface area (Å²) in [6, 6.07) is 9.17. The number of nitrogens with zero attached hydrogens (tertiary/aromatic N) is 1. The molecule has 0 amide bonds. The summed E-state index contributed by atoms with van der Waals surface area (Å²) in [6.45, 7) is 8.45. The fraction of sp³-hybridized carbons (Fsp3) is 0.524. The van der Waals surface area contributed by atoms with E-state index in [-0.39, 0.29) is 25.5 Å². The van der Waals surface area contributed by atoms with Gasteiger partial charge < -0.3 is 14.6 Å². The van der Waals surface area contributed by atoms with Gasteiger partial charge in [0.05, 0.1) is 12.2 Å². The maximum atomic E-state index is 12.0. The molecule has 0 radical (unpaired) electrons. The molecule has 2 atom stereocenters. The van der Waals surface area contributed by atoms with Crippen LogP contribution in [-0.4, -0.2) is 47.3 Å². The first kappa shape index (κ1) is 23.5. The van der Waals surface area contributed by atoms with Crippen molar-refractivity contribution in [3.8, 4) is 0 Å². The Morgan fingerprint density at radius 2 is 1.75 bits per heavy atom. The third-order valence-corrected chi connectivity index (χ3v) is 3.85. The van der Waals surface area contributed by atoms with Gasteiger partial charge in [-0.3, -0.25) is 19.4 Å². The number of rotatable bonds is 10. The van der Waals surface area contributed by atoms with E-state index >= 15 is 0 Å². The van der Waals surface area contributed by atoms with E-state index in [9.17, 15) is 19.5 Å². The molecule has 0 heterocycles. The van der Waals surface area contributed by atoms with Crippen molar-refractivity contribution in [3.05, 3.63) is 35.9 Å². The smallest absolute Gasteiger partial charge is 0.328 e. The van der Waals surface area contributed by atoms with Gasteiger partial charge in [-0.1, -0.05) is 37.3 Å². The third-order valence-electron chi connectivity index (χ3n) is 3.85. The fourth-order valence-corrected chi connectivity index (χ4v) is 2.44. The SMILES string of the molecule is CC(=O)C(C(=O)O)C(=NCC(=O)OCc1ccccc1)C(C)COC(C)(C)C. The zero-order valence-corrected chi connectivity index (χ0v) is 17.1. The van der Waals surface area contributed by atoms with Crippen LogP contribution in [0.5, 0.6) is 0 Å². The van der Waals surface area contributed by atoms with Crippen molar-refractivity contribution in [2.45, 2.75) is 46.8 Å². The molecule has 0 aliphatic rings. The van der Waals surface area contributed by atoms with Crippen LogP contribution in [0.3, 0.4) is 0 Å². The summed E-state index contributed by atoms with van der Waals surface area (Å²) in [5, 5.41) is 9.45. The molecule has 0 spiro atoms. The molecule has 1 aromatic rings. The highest BCUT2D eigenvalue weighted by Gasteiger charge is 2.32. The first-order valence-electron chi connectivity index (χ1n) is 9.12. The molecule has 154 valence electrons. The Labute approximate surface area is 165 Å². The van der Waals surface area contributed by atoms with Gasteiger partial charge in [0.2, 0.25) is 0 Å². The molecule has 28 heavy (non-hydrogen) atoms. The summed E-state index contributed by atoms with van der Waals surface area (Å²) in [5.41, 5.74) is 0.517. The summed E-state index contributed by atoms with van der Waals surface area (Å²) >= 11 is 0. The summed E-state index contributed by atoms with van der Waals surface area (Å²) in [7, 11) is 0. The summed E-state index contributed by atoms with van der Waals surface area (Å²) in [4.78, 5) is 39.6. The standard InChI is InChI=1S/C21H29NO6/c1-14(12-28-21(3,4)5)19(18(15(2)23)20(25)26)22-11-17(24)27-13-16-9-7-6-8-10-16/h6-10,14,18H,11-13H2,1-5H3,(H,25,26). The Bertz CT molecular complexity index is 691. The number of carbonyl (C=O) groups is 3. The highest BCUT2D eigenvalue weighted by atomic mass is 16.5. The number of carboxylic acids is 1. The minimum atomic E-state index is -1.42. The van der Waals surface area contributed by atoms with Crippen molar-refractivity contribution in [2.75, 3.05) is 13.2 Å². The Morgan fingerprint density at radius 3 is 2.25 bits per heavy atom. The molecule has 0 aromatic heterocycles. The first-order chi connectivity index (χ1) is 13.0. The normalized spacial score (nSPS) is 14.2. The number of hydrogen-bond donors (Lipinski definition) is 1. The number of ketones is 1. The van der Waals surface area contributed by atoms with E-state index in [1.165, 1.54) is 6.92 Å². The number of carboxylic acid groups (broad SMARTS) is 1. The fourth-order valence-electron chi connectivity index (χ4n) is 2.44. The Hall–Kier alpha value is -2.54. The quantitative estimate of drug-likeness (QED) is 0.374. The molecule has 0 saturated carbocycles. The molecule has 0 aliphatic heterocycles. The predicted molar refractivity (Wildman–Crippen MR) is 105 cm³/mol. The van der Waals surface area contributed by atoms with Crippen molar-refractivity contribution in [1.29, 1.82) is 0 Å². The maximum absolute atomic E-state index is 12.0. The number of carbonyl (C=O) groups excluding carboxylic acids is 2. The Morgan fingerprint density at radius 1 is 1.14 bits per heavy atom. The van der Waals surface area contributed by atoms with Crippen LogP contribution in [0.2, 0.25) is 0 Å². The van der Waals surface area contributed by atoms with Crippen LogP contribution in [0.25, 0.3) is 0 Å². The largest absolute Gasteiger partial charge is 0.480 e. The van der Waals surface area contributed by atoms with Gasteiger partial charge in [-0.15, -0.1) is 0 Å². The van der Waals surface area contributed by atoms with Crippen molar-refractivity contribution in [2.24, 2.45) is 16.8 Å². The van der Waals surface area contributed by atoms with E-state index in [2.05, 4.69) is 4.99 Å². The van der Waals surface area contributed by atoms with Crippen molar-refractivity contribution in [1.82, 2.24) is 0 Å². The van der Waals surface area contributed by atoms with Crippen LogP contribution in [-0.2, 0) is 30.5 Å². The Balaban J connectivity index is 2.88. The van der Waals surface area contributed by atoms with E-state index in [1.54, 1.807) is 6.92 Å². The van der Waals surface area contributed by atoms with Gasteiger partial charge in [0, 0.05) is 11.6 Å². The van der Waals surface area contributed by atoms with Gasteiger partial charge in [0.15, 0.2) is 5.92 Å². The molecule has 1 aromatic carbocycles. The van der Waals surface area contributed by atoms with Crippen molar-refractivity contribution >= 4 is 23.4 Å². The molecule has 1 N–H and O–H groups in total. The lowest BCUT2D eigenvalue weighted by molar-refractivity contribution is -0.144. The van der Waals surface area contributed by atoms with Crippen LogP contribution in [0.1, 0.15) is 40.2 Å². The van der Waals surface area contributed by atoms with Crippen LogP contribution < -0.4 is 0 Å². The van der Waals surface area contributed by atoms with Gasteiger partial charge >= 0.3 is 11.9 Å². The molecule has 0 aliphatic carbocycles. The van der Waals surface area contributed by atoms with Crippen molar-refractivity contribution in [3.63, 3.8) is 0 Å². The summed E-state index contributed by atoms with van der Waals surface area (Å²) in [5.74, 6) is -4.32. The minimum absolute atomic E-state index is 0.0995. The molecule has 0 bridgehead atoms. The number of Topliss-reactive ketones (excluding diaryl/α,β-unsaturated/α-hetero) is 1. The van der Waals surface area contributed by atoms with Crippen LogP contribution in [0, 0.1) is 11.8 Å². The lowest BCUT2D eigenvalue weighted by atomic mass is 9.90. The lowest BCUT2D eigenvalue weighted by Crippen LogP contribution is -2.37. The lowest BCUT2D eigenvalue weighted by Gasteiger charge is -2.25. The minimum Gasteiger partial charge on any atom is -0.480 e. The molecule has 0 fully saturated rings. The molecule has 2 unspecified atom stereocenters. The van der Waals surface area contributed by atoms with Crippen molar-refractivity contribution < 1.29 is 29.0 Å². The molecule has 7 nitrogen and oxygen atoms in total. The second-order valence-corrected chi connectivity index (χ2v) is 7.59. The highest BCUT2D eigenvalue weighted by Crippen LogP contribution is 2.16. The second-order valence-electron chi connectivity index (χ2n) is 7.59. The predicted octanol–water partition coefficient (Wildman–Crippen LogP) is 2.91.